The fraction of sp³-hybridized carbons (Fsp3) is 0.143. The largest absolute Gasteiger partial charge is 0.490 e. The Morgan fingerprint density at radius 2 is 0.941 bits per heavy atom. The Kier molecular flexibility index (Phi) is 6.00. The quantitative estimate of drug-likeness (QED) is 0.264. The summed E-state index contributed by atoms with van der Waals surface area (Å²) in [6.07, 6.45) is 0. The van der Waals surface area contributed by atoms with E-state index in [9.17, 15) is 0 Å². The van der Waals surface area contributed by atoms with Crippen LogP contribution in [0.4, 0.5) is 11.4 Å². The molecule has 4 aromatic rings. The van der Waals surface area contributed by atoms with Gasteiger partial charge < -0.3 is 20.1 Å². The number of para-hydroxylation sites is 4. The van der Waals surface area contributed by atoms with Gasteiger partial charge in [-0.3, -0.25) is 0 Å². The molecule has 4 nitrogen and oxygen atoms in total. The van der Waals surface area contributed by atoms with Crippen LogP contribution in [0.5, 0.6) is 11.5 Å². The number of nitrogens with one attached hydrogen (secondary N) is 2. The van der Waals surface area contributed by atoms with Crippen LogP contribution in [0.25, 0.3) is 0 Å². The number of anilines is 2. The van der Waals surface area contributed by atoms with Gasteiger partial charge in [-0.2, -0.15) is 0 Å². The predicted octanol–water partition coefficient (Wildman–Crippen LogP) is 7.58. The SMILES string of the molecule is c1ccc2c(c1)NC(c1ccccc1OCCOc1ccccc1C1Nc3ccccc3S1)S2. The fourth-order valence-electron chi connectivity index (χ4n) is 4.22. The lowest BCUT2D eigenvalue weighted by Gasteiger charge is -2.18. The van der Waals surface area contributed by atoms with Crippen molar-refractivity contribution in [3.8, 4) is 11.5 Å². The molecule has 0 radical (unpaired) electrons. The molecule has 0 saturated heterocycles. The summed E-state index contributed by atoms with van der Waals surface area (Å²) in [7, 11) is 0. The van der Waals surface area contributed by atoms with E-state index in [-0.39, 0.29) is 10.7 Å². The van der Waals surface area contributed by atoms with Crippen LogP contribution in [0.2, 0.25) is 0 Å². The van der Waals surface area contributed by atoms with Crippen molar-refractivity contribution in [2.45, 2.75) is 20.5 Å². The van der Waals surface area contributed by atoms with Crippen molar-refractivity contribution in [1.29, 1.82) is 0 Å². The second kappa shape index (κ2) is 9.57. The van der Waals surface area contributed by atoms with E-state index in [2.05, 4.69) is 83.4 Å². The molecule has 34 heavy (non-hydrogen) atoms. The third-order valence-corrected chi connectivity index (χ3v) is 8.27. The first kappa shape index (κ1) is 21.3. The van der Waals surface area contributed by atoms with E-state index < -0.39 is 0 Å². The molecule has 2 aliphatic rings. The van der Waals surface area contributed by atoms with Crippen LogP contribution in [0.1, 0.15) is 21.9 Å². The Morgan fingerprint density at radius 3 is 1.41 bits per heavy atom. The van der Waals surface area contributed by atoms with Gasteiger partial charge in [-0.1, -0.05) is 84.2 Å². The molecule has 2 aliphatic heterocycles. The summed E-state index contributed by atoms with van der Waals surface area (Å²) in [5, 5.41) is 7.47. The van der Waals surface area contributed by atoms with Crippen molar-refractivity contribution >= 4 is 34.9 Å². The number of rotatable bonds is 7. The van der Waals surface area contributed by atoms with E-state index in [1.165, 1.54) is 21.2 Å². The molecule has 6 heteroatoms. The smallest absolute Gasteiger partial charge is 0.125 e. The Bertz CT molecular complexity index is 1160. The summed E-state index contributed by atoms with van der Waals surface area (Å²) in [5.74, 6) is 1.78. The molecular formula is C28H24N2O2S2. The molecule has 0 bridgehead atoms. The maximum absolute atomic E-state index is 6.19. The number of ether oxygens (including phenoxy) is 2. The predicted molar refractivity (Wildman–Crippen MR) is 141 cm³/mol. The number of fused-ring (bicyclic) bond motifs is 2. The van der Waals surface area contributed by atoms with E-state index in [0.717, 1.165) is 22.6 Å². The van der Waals surface area contributed by atoms with Crippen LogP contribution in [-0.2, 0) is 0 Å². The Balaban J connectivity index is 1.09. The van der Waals surface area contributed by atoms with Gasteiger partial charge in [0.15, 0.2) is 0 Å². The minimum Gasteiger partial charge on any atom is -0.490 e. The Labute approximate surface area is 208 Å². The second-order valence-electron chi connectivity index (χ2n) is 8.05. The van der Waals surface area contributed by atoms with Gasteiger partial charge >= 0.3 is 0 Å². The first-order valence-corrected chi connectivity index (χ1v) is 13.1. The van der Waals surface area contributed by atoms with Crippen LogP contribution < -0.4 is 20.1 Å². The van der Waals surface area contributed by atoms with Crippen LogP contribution >= 0.6 is 23.5 Å². The summed E-state index contributed by atoms with van der Waals surface area (Å²) in [6, 6.07) is 33.3. The average Bonchev–Trinajstić information content (AvgIpc) is 3.51. The lowest BCUT2D eigenvalue weighted by molar-refractivity contribution is 0.215. The van der Waals surface area contributed by atoms with Crippen LogP contribution in [-0.4, -0.2) is 13.2 Å². The first-order valence-electron chi connectivity index (χ1n) is 11.3. The summed E-state index contributed by atoms with van der Waals surface area (Å²) in [6.45, 7) is 0.947. The molecule has 2 heterocycles. The van der Waals surface area contributed by atoms with E-state index in [0.29, 0.717) is 13.2 Å². The summed E-state index contributed by atoms with van der Waals surface area (Å²) in [4.78, 5) is 2.53. The molecule has 4 aromatic carbocycles. The van der Waals surface area contributed by atoms with Gasteiger partial charge in [0.2, 0.25) is 0 Å². The van der Waals surface area contributed by atoms with Gasteiger partial charge in [0.25, 0.3) is 0 Å². The van der Waals surface area contributed by atoms with Crippen LogP contribution in [0.3, 0.4) is 0 Å². The number of benzene rings is 4. The third-order valence-electron chi connectivity index (χ3n) is 5.84. The van der Waals surface area contributed by atoms with Crippen molar-refractivity contribution in [1.82, 2.24) is 0 Å². The zero-order valence-corrected chi connectivity index (χ0v) is 20.1. The van der Waals surface area contributed by atoms with Crippen molar-refractivity contribution in [3.63, 3.8) is 0 Å². The van der Waals surface area contributed by atoms with Gasteiger partial charge in [-0.25, -0.2) is 0 Å². The van der Waals surface area contributed by atoms with Crippen LogP contribution in [0, 0.1) is 0 Å². The number of hydrogen-bond donors (Lipinski definition) is 2. The lowest BCUT2D eigenvalue weighted by atomic mass is 10.2. The first-order chi connectivity index (χ1) is 16.8. The molecule has 6 rings (SSSR count). The van der Waals surface area contributed by atoms with Crippen molar-refractivity contribution in [3.05, 3.63) is 108 Å². The van der Waals surface area contributed by atoms with Crippen molar-refractivity contribution < 1.29 is 9.47 Å². The van der Waals surface area contributed by atoms with Gasteiger partial charge in [-0.15, -0.1) is 0 Å². The van der Waals surface area contributed by atoms with Crippen molar-refractivity contribution in [2.75, 3.05) is 23.8 Å². The van der Waals surface area contributed by atoms with Gasteiger partial charge in [0, 0.05) is 32.3 Å². The standard InChI is InChI=1S/C28H24N2O2S2/c1-5-13-23(19(9-1)27-29-21-11-3-7-15-25(21)33-27)31-17-18-32-24-14-6-2-10-20(24)28-30-22-12-4-8-16-26(22)34-28/h1-16,27-30H,17-18H2. The highest BCUT2D eigenvalue weighted by atomic mass is 32.2. The minimum absolute atomic E-state index is 0.141. The maximum atomic E-state index is 6.19. The highest BCUT2D eigenvalue weighted by Crippen LogP contribution is 2.49. The van der Waals surface area contributed by atoms with Crippen LogP contribution in [0.15, 0.2) is 107 Å². The maximum Gasteiger partial charge on any atom is 0.125 e. The van der Waals surface area contributed by atoms with E-state index in [1.54, 1.807) is 0 Å². The van der Waals surface area contributed by atoms with E-state index in [4.69, 9.17) is 9.47 Å². The molecule has 0 aliphatic carbocycles. The van der Waals surface area contributed by atoms with E-state index in [1.807, 2.05) is 47.8 Å². The minimum atomic E-state index is 0.141. The molecule has 2 unspecified atom stereocenters. The molecule has 170 valence electrons. The highest BCUT2D eigenvalue weighted by molar-refractivity contribution is 8.00. The zero-order valence-electron chi connectivity index (χ0n) is 18.4. The second-order valence-corrected chi connectivity index (χ2v) is 10.3. The molecule has 2 atom stereocenters. The zero-order chi connectivity index (χ0) is 22.7. The highest BCUT2D eigenvalue weighted by Gasteiger charge is 2.26. The molecular weight excluding hydrogens is 460 g/mol. The van der Waals surface area contributed by atoms with E-state index >= 15 is 0 Å². The summed E-state index contributed by atoms with van der Waals surface area (Å²) >= 11 is 3.64. The number of thioether (sulfide) groups is 2. The molecule has 0 aromatic heterocycles. The van der Waals surface area contributed by atoms with Gasteiger partial charge in [-0.05, 0) is 36.4 Å². The van der Waals surface area contributed by atoms with Gasteiger partial charge in [0.05, 0.1) is 0 Å². The number of hydrogen-bond acceptors (Lipinski definition) is 6. The molecule has 0 spiro atoms. The molecule has 0 saturated carbocycles. The Morgan fingerprint density at radius 1 is 0.529 bits per heavy atom. The summed E-state index contributed by atoms with van der Waals surface area (Å²) < 4.78 is 12.4. The monoisotopic (exact) mass is 484 g/mol. The third kappa shape index (κ3) is 4.31. The van der Waals surface area contributed by atoms with Crippen molar-refractivity contribution in [2.24, 2.45) is 0 Å². The summed E-state index contributed by atoms with van der Waals surface area (Å²) in [5.41, 5.74) is 4.64. The fourth-order valence-corrected chi connectivity index (χ4v) is 6.56. The molecule has 0 amide bonds. The average molecular weight is 485 g/mol. The van der Waals surface area contributed by atoms with Gasteiger partial charge in [0.1, 0.15) is 35.5 Å². The molecule has 2 N–H and O–H groups in total. The normalized spacial score (nSPS) is 17.9. The molecule has 0 fully saturated rings. The Hall–Kier alpha value is -3.22. The topological polar surface area (TPSA) is 42.5 Å². The lowest BCUT2D eigenvalue weighted by Crippen LogP contribution is -2.13.